The lowest BCUT2D eigenvalue weighted by Crippen LogP contribution is -2.29. The number of nitrogens with zero attached hydrogens (tertiary/aromatic N) is 4. The Bertz CT molecular complexity index is 1500. The molecule has 37 heavy (non-hydrogen) atoms. The van der Waals surface area contributed by atoms with E-state index in [2.05, 4.69) is 25.6 Å². The second kappa shape index (κ2) is 10.2. The van der Waals surface area contributed by atoms with E-state index < -0.39 is 0 Å². The van der Waals surface area contributed by atoms with Gasteiger partial charge < -0.3 is 10.6 Å². The molecule has 3 heterocycles. The third-order valence-electron chi connectivity index (χ3n) is 5.81. The van der Waals surface area contributed by atoms with Crippen molar-refractivity contribution in [2.75, 3.05) is 10.6 Å². The molecular weight excluding hydrogens is 468 g/mol. The van der Waals surface area contributed by atoms with E-state index in [1.807, 2.05) is 43.3 Å². The van der Waals surface area contributed by atoms with Crippen LogP contribution in [0.25, 0.3) is 11.3 Å². The Morgan fingerprint density at radius 1 is 0.946 bits per heavy atom. The lowest BCUT2D eigenvalue weighted by atomic mass is 10.1. The average molecular weight is 491 g/mol. The van der Waals surface area contributed by atoms with Crippen molar-refractivity contribution in [3.05, 3.63) is 108 Å². The molecule has 0 atom stereocenters. The molecule has 2 aromatic carbocycles. The van der Waals surface area contributed by atoms with Crippen molar-refractivity contribution in [3.8, 4) is 11.3 Å². The summed E-state index contributed by atoms with van der Waals surface area (Å²) in [5.74, 6) is -0.547. The lowest BCUT2D eigenvalue weighted by Gasteiger charge is -2.14. The Balaban J connectivity index is 1.27. The van der Waals surface area contributed by atoms with Gasteiger partial charge >= 0.3 is 0 Å². The highest BCUT2D eigenvalue weighted by Gasteiger charge is 2.23. The van der Waals surface area contributed by atoms with Crippen LogP contribution in [0.2, 0.25) is 0 Å². The number of imide groups is 1. The van der Waals surface area contributed by atoms with Crippen LogP contribution in [0.15, 0.2) is 91.4 Å². The van der Waals surface area contributed by atoms with Gasteiger partial charge in [0, 0.05) is 53.2 Å². The molecule has 0 unspecified atom stereocenters. The topological polar surface area (TPSA) is 117 Å². The van der Waals surface area contributed by atoms with E-state index in [-0.39, 0.29) is 24.3 Å². The van der Waals surface area contributed by atoms with E-state index >= 15 is 0 Å². The fourth-order valence-electron chi connectivity index (χ4n) is 3.78. The van der Waals surface area contributed by atoms with Crippen LogP contribution in [-0.4, -0.2) is 37.6 Å². The molecule has 0 aliphatic carbocycles. The fourth-order valence-corrected chi connectivity index (χ4v) is 3.78. The Hall–Kier alpha value is -5.18. The third-order valence-corrected chi connectivity index (χ3v) is 5.81. The van der Waals surface area contributed by atoms with Crippen molar-refractivity contribution in [1.82, 2.24) is 19.9 Å². The average Bonchev–Trinajstić information content (AvgIpc) is 3.24. The van der Waals surface area contributed by atoms with Gasteiger partial charge in [0.15, 0.2) is 0 Å². The molecule has 9 nitrogen and oxygen atoms in total. The van der Waals surface area contributed by atoms with Crippen LogP contribution < -0.4 is 10.6 Å². The maximum atomic E-state index is 12.8. The molecule has 2 aromatic heterocycles. The predicted molar refractivity (Wildman–Crippen MR) is 139 cm³/mol. The summed E-state index contributed by atoms with van der Waals surface area (Å²) in [5, 5.41) is 6.12. The maximum Gasteiger partial charge on any atom is 0.255 e. The van der Waals surface area contributed by atoms with Gasteiger partial charge in [-0.3, -0.25) is 24.3 Å². The van der Waals surface area contributed by atoms with Gasteiger partial charge in [-0.25, -0.2) is 9.97 Å². The van der Waals surface area contributed by atoms with E-state index in [1.54, 1.807) is 42.9 Å². The van der Waals surface area contributed by atoms with Gasteiger partial charge in [0.25, 0.3) is 17.7 Å². The van der Waals surface area contributed by atoms with Crippen molar-refractivity contribution in [2.45, 2.75) is 13.5 Å². The Morgan fingerprint density at radius 3 is 2.46 bits per heavy atom. The summed E-state index contributed by atoms with van der Waals surface area (Å²) in [4.78, 5) is 50.5. The molecule has 0 saturated heterocycles. The summed E-state index contributed by atoms with van der Waals surface area (Å²) in [7, 11) is 0. The molecule has 0 saturated carbocycles. The molecule has 1 aliphatic rings. The molecule has 182 valence electrons. The standard InChI is InChI=1S/C28H22N6O3/c1-18-4-9-22(15-24(18)33-28-30-14-12-23(32-28)21-3-2-13-29-16-21)31-27(37)20-7-5-19(6-8-20)17-34-25(35)10-11-26(34)36/h2-16H,17H2,1H3,(H,31,37)(H,30,32,33). The minimum atomic E-state index is -0.343. The number of hydrogen-bond donors (Lipinski definition) is 2. The summed E-state index contributed by atoms with van der Waals surface area (Å²) in [6.45, 7) is 2.10. The van der Waals surface area contributed by atoms with Gasteiger partial charge in [-0.1, -0.05) is 18.2 Å². The number of rotatable bonds is 7. The molecule has 0 radical (unpaired) electrons. The zero-order valence-corrected chi connectivity index (χ0v) is 19.9. The molecule has 3 amide bonds. The van der Waals surface area contributed by atoms with Crippen molar-refractivity contribution < 1.29 is 14.4 Å². The van der Waals surface area contributed by atoms with Crippen LogP contribution >= 0.6 is 0 Å². The molecule has 5 rings (SSSR count). The first-order valence-corrected chi connectivity index (χ1v) is 11.5. The second-order valence-corrected chi connectivity index (χ2v) is 8.41. The van der Waals surface area contributed by atoms with Gasteiger partial charge in [-0.15, -0.1) is 0 Å². The number of nitrogens with one attached hydrogen (secondary N) is 2. The zero-order chi connectivity index (χ0) is 25.8. The molecule has 1 aliphatic heterocycles. The van der Waals surface area contributed by atoms with Crippen LogP contribution in [0, 0.1) is 6.92 Å². The highest BCUT2D eigenvalue weighted by atomic mass is 16.2. The van der Waals surface area contributed by atoms with Crippen LogP contribution in [-0.2, 0) is 16.1 Å². The Labute approximate surface area is 212 Å². The number of aryl methyl sites for hydroxylation is 1. The summed E-state index contributed by atoms with van der Waals surface area (Å²) >= 11 is 0. The first kappa shape index (κ1) is 23.6. The molecule has 0 bridgehead atoms. The van der Waals surface area contributed by atoms with Crippen LogP contribution in [0.1, 0.15) is 21.5 Å². The number of carbonyl (C=O) groups excluding carboxylic acids is 3. The zero-order valence-electron chi connectivity index (χ0n) is 19.9. The number of amides is 3. The highest BCUT2D eigenvalue weighted by Crippen LogP contribution is 2.25. The quantitative estimate of drug-likeness (QED) is 0.372. The van der Waals surface area contributed by atoms with Crippen LogP contribution in [0.3, 0.4) is 0 Å². The highest BCUT2D eigenvalue weighted by molar-refractivity contribution is 6.12. The largest absolute Gasteiger partial charge is 0.324 e. The van der Waals surface area contributed by atoms with E-state index in [0.717, 1.165) is 33.0 Å². The van der Waals surface area contributed by atoms with Crippen molar-refractivity contribution in [3.63, 3.8) is 0 Å². The molecule has 9 heteroatoms. The SMILES string of the molecule is Cc1ccc(NC(=O)c2ccc(CN3C(=O)C=CC3=O)cc2)cc1Nc1nccc(-c2cccnc2)n1. The number of anilines is 3. The Morgan fingerprint density at radius 2 is 1.73 bits per heavy atom. The van der Waals surface area contributed by atoms with Gasteiger partial charge in [-0.05, 0) is 60.5 Å². The number of aromatic nitrogens is 3. The van der Waals surface area contributed by atoms with E-state index in [4.69, 9.17) is 0 Å². The molecule has 4 aromatic rings. The number of hydrogen-bond acceptors (Lipinski definition) is 7. The van der Waals surface area contributed by atoms with Crippen LogP contribution in [0.4, 0.5) is 17.3 Å². The van der Waals surface area contributed by atoms with Gasteiger partial charge in [0.05, 0.1) is 12.2 Å². The molecule has 0 fully saturated rings. The van der Waals surface area contributed by atoms with Crippen molar-refractivity contribution in [2.24, 2.45) is 0 Å². The van der Waals surface area contributed by atoms with Crippen molar-refractivity contribution >= 4 is 35.0 Å². The first-order chi connectivity index (χ1) is 18.0. The van der Waals surface area contributed by atoms with E-state index in [9.17, 15) is 14.4 Å². The summed E-state index contributed by atoms with van der Waals surface area (Å²) in [6.07, 6.45) is 7.62. The van der Waals surface area contributed by atoms with Gasteiger partial charge in [0.2, 0.25) is 5.95 Å². The minimum absolute atomic E-state index is 0.156. The van der Waals surface area contributed by atoms with Crippen molar-refractivity contribution in [1.29, 1.82) is 0 Å². The normalized spacial score (nSPS) is 12.6. The molecular formula is C28H22N6O3. The van der Waals surface area contributed by atoms with Gasteiger partial charge in [-0.2, -0.15) is 0 Å². The Kier molecular flexibility index (Phi) is 6.50. The number of pyridine rings is 1. The van der Waals surface area contributed by atoms with Gasteiger partial charge in [0.1, 0.15) is 0 Å². The third kappa shape index (κ3) is 5.40. The van der Waals surface area contributed by atoms with Crippen LogP contribution in [0.5, 0.6) is 0 Å². The summed E-state index contributed by atoms with van der Waals surface area (Å²) in [5.41, 5.74) is 5.13. The smallest absolute Gasteiger partial charge is 0.255 e. The monoisotopic (exact) mass is 490 g/mol. The maximum absolute atomic E-state index is 12.8. The molecule has 0 spiro atoms. The summed E-state index contributed by atoms with van der Waals surface area (Å²) < 4.78 is 0. The number of carbonyl (C=O) groups is 3. The fraction of sp³-hybridized carbons (Fsp3) is 0.0714. The number of benzene rings is 2. The minimum Gasteiger partial charge on any atom is -0.324 e. The summed E-state index contributed by atoms with van der Waals surface area (Å²) in [6, 6.07) is 17.9. The van der Waals surface area contributed by atoms with E-state index in [0.29, 0.717) is 17.2 Å². The molecule has 2 N–H and O–H groups in total. The van der Waals surface area contributed by atoms with E-state index in [1.165, 1.54) is 12.2 Å². The lowest BCUT2D eigenvalue weighted by molar-refractivity contribution is -0.137. The predicted octanol–water partition coefficient (Wildman–Crippen LogP) is 4.27. The first-order valence-electron chi connectivity index (χ1n) is 11.5. The second-order valence-electron chi connectivity index (χ2n) is 8.41.